The molecule has 6 heteroatoms. The fourth-order valence-corrected chi connectivity index (χ4v) is 2.29. The Morgan fingerprint density at radius 2 is 2.21 bits per heavy atom. The number of aromatic nitrogens is 3. The molecule has 0 amide bonds. The van der Waals surface area contributed by atoms with Crippen molar-refractivity contribution in [2.45, 2.75) is 6.54 Å². The second kappa shape index (κ2) is 4.44. The first-order valence-electron chi connectivity index (χ1n) is 5.65. The molecule has 0 spiro atoms. The van der Waals surface area contributed by atoms with Gasteiger partial charge in [-0.2, -0.15) is 5.10 Å². The van der Waals surface area contributed by atoms with Crippen LogP contribution in [0.25, 0.3) is 5.65 Å². The molecule has 0 saturated carbocycles. The highest BCUT2D eigenvalue weighted by atomic mass is 35.5. The van der Waals surface area contributed by atoms with Gasteiger partial charge in [-0.15, -0.1) is 0 Å². The third-order valence-corrected chi connectivity index (χ3v) is 3.14. The van der Waals surface area contributed by atoms with Gasteiger partial charge < -0.3 is 9.67 Å². The van der Waals surface area contributed by atoms with Crippen LogP contribution in [-0.2, 0) is 6.54 Å². The Labute approximate surface area is 113 Å². The smallest absolute Gasteiger partial charge is 0.341 e. The largest absolute Gasteiger partial charge is 0.477 e. The first-order valence-corrected chi connectivity index (χ1v) is 6.03. The summed E-state index contributed by atoms with van der Waals surface area (Å²) in [5, 5.41) is 13.8. The number of fused-ring (bicyclic) bond motifs is 1. The average Bonchev–Trinajstić information content (AvgIpc) is 2.92. The van der Waals surface area contributed by atoms with Crippen LogP contribution in [0.5, 0.6) is 0 Å². The van der Waals surface area contributed by atoms with Crippen molar-refractivity contribution in [3.63, 3.8) is 0 Å². The Morgan fingerprint density at radius 3 is 2.95 bits per heavy atom. The lowest BCUT2D eigenvalue weighted by Gasteiger charge is -2.05. The Balaban J connectivity index is 2.05. The molecule has 0 aliphatic carbocycles. The van der Waals surface area contributed by atoms with Gasteiger partial charge in [0, 0.05) is 24.0 Å². The van der Waals surface area contributed by atoms with Crippen molar-refractivity contribution >= 4 is 23.2 Å². The quantitative estimate of drug-likeness (QED) is 0.799. The predicted octanol–water partition coefficient (Wildman–Crippen LogP) is 2.54. The minimum absolute atomic E-state index is 0.187. The summed E-state index contributed by atoms with van der Waals surface area (Å²) in [7, 11) is 0. The van der Waals surface area contributed by atoms with Crippen LogP contribution in [0, 0.1) is 0 Å². The molecular weight excluding hydrogens is 266 g/mol. The molecule has 1 aromatic carbocycles. The molecule has 0 atom stereocenters. The van der Waals surface area contributed by atoms with E-state index in [0.29, 0.717) is 17.2 Å². The second-order valence-corrected chi connectivity index (χ2v) is 4.62. The van der Waals surface area contributed by atoms with Gasteiger partial charge in [-0.1, -0.05) is 23.7 Å². The number of carboxylic acids is 1. The van der Waals surface area contributed by atoms with E-state index in [2.05, 4.69) is 5.10 Å². The summed E-state index contributed by atoms with van der Waals surface area (Å²) in [6, 6.07) is 7.47. The molecule has 0 aliphatic rings. The zero-order valence-electron chi connectivity index (χ0n) is 9.82. The molecule has 5 nitrogen and oxygen atoms in total. The van der Waals surface area contributed by atoms with Gasteiger partial charge in [0.25, 0.3) is 0 Å². The maximum Gasteiger partial charge on any atom is 0.341 e. The standard InChI is InChI=1S/C13H10ClN3O2/c14-10-3-1-2-9(6-10)8-16-4-5-17-12(16)11(7-15-17)13(18)19/h1-7H,8H2,(H,18,19). The summed E-state index contributed by atoms with van der Waals surface area (Å²) < 4.78 is 3.39. The molecular formula is C13H10ClN3O2. The average molecular weight is 276 g/mol. The number of hydrogen-bond donors (Lipinski definition) is 1. The molecule has 2 heterocycles. The molecule has 0 unspecified atom stereocenters. The van der Waals surface area contributed by atoms with E-state index in [0.717, 1.165) is 5.56 Å². The van der Waals surface area contributed by atoms with Gasteiger partial charge in [0.1, 0.15) is 5.56 Å². The maximum atomic E-state index is 11.1. The van der Waals surface area contributed by atoms with E-state index in [1.807, 2.05) is 22.8 Å². The molecule has 0 bridgehead atoms. The molecule has 0 fully saturated rings. The van der Waals surface area contributed by atoms with E-state index < -0.39 is 5.97 Å². The first kappa shape index (κ1) is 11.8. The third kappa shape index (κ3) is 2.08. The Bertz CT molecular complexity index is 760. The number of nitrogens with zero attached hydrogens (tertiary/aromatic N) is 3. The monoisotopic (exact) mass is 275 g/mol. The van der Waals surface area contributed by atoms with Crippen LogP contribution in [0.2, 0.25) is 5.02 Å². The van der Waals surface area contributed by atoms with Crippen LogP contribution < -0.4 is 0 Å². The summed E-state index contributed by atoms with van der Waals surface area (Å²) in [6.07, 6.45) is 4.88. The molecule has 0 saturated heterocycles. The number of benzene rings is 1. The highest BCUT2D eigenvalue weighted by molar-refractivity contribution is 6.30. The molecule has 2 aromatic heterocycles. The summed E-state index contributed by atoms with van der Waals surface area (Å²) in [5.74, 6) is -0.985. The zero-order chi connectivity index (χ0) is 13.4. The minimum Gasteiger partial charge on any atom is -0.477 e. The number of aromatic carboxylic acids is 1. The lowest BCUT2D eigenvalue weighted by Crippen LogP contribution is -2.03. The highest BCUT2D eigenvalue weighted by Gasteiger charge is 2.15. The van der Waals surface area contributed by atoms with Gasteiger partial charge in [0.05, 0.1) is 6.20 Å². The van der Waals surface area contributed by atoms with Crippen molar-refractivity contribution in [3.05, 3.63) is 59.0 Å². The van der Waals surface area contributed by atoms with E-state index in [4.69, 9.17) is 16.7 Å². The predicted molar refractivity (Wildman–Crippen MR) is 70.7 cm³/mol. The molecule has 19 heavy (non-hydrogen) atoms. The first-order chi connectivity index (χ1) is 9.15. The van der Waals surface area contributed by atoms with E-state index in [-0.39, 0.29) is 5.56 Å². The van der Waals surface area contributed by atoms with Crippen LogP contribution >= 0.6 is 11.6 Å². The van der Waals surface area contributed by atoms with Crippen LogP contribution in [0.3, 0.4) is 0 Å². The topological polar surface area (TPSA) is 59.5 Å². The fourth-order valence-electron chi connectivity index (χ4n) is 2.08. The van der Waals surface area contributed by atoms with E-state index in [1.165, 1.54) is 6.20 Å². The summed E-state index contributed by atoms with van der Waals surface area (Å²) >= 11 is 5.94. The second-order valence-electron chi connectivity index (χ2n) is 4.19. The zero-order valence-corrected chi connectivity index (χ0v) is 10.6. The Hall–Kier alpha value is -2.27. The van der Waals surface area contributed by atoms with Crippen molar-refractivity contribution in [3.8, 4) is 0 Å². The van der Waals surface area contributed by atoms with E-state index in [1.54, 1.807) is 23.0 Å². The summed E-state index contributed by atoms with van der Waals surface area (Å²) in [4.78, 5) is 11.1. The van der Waals surface area contributed by atoms with Gasteiger partial charge in [-0.05, 0) is 17.7 Å². The number of halogens is 1. The maximum absolute atomic E-state index is 11.1. The normalized spacial score (nSPS) is 11.0. The van der Waals surface area contributed by atoms with Gasteiger partial charge in [-0.3, -0.25) is 0 Å². The molecule has 3 rings (SSSR count). The Kier molecular flexibility index (Phi) is 2.76. The molecule has 96 valence electrons. The van der Waals surface area contributed by atoms with E-state index >= 15 is 0 Å². The third-order valence-electron chi connectivity index (χ3n) is 2.90. The van der Waals surface area contributed by atoms with Crippen LogP contribution in [0.1, 0.15) is 15.9 Å². The van der Waals surface area contributed by atoms with Crippen LogP contribution in [0.15, 0.2) is 42.9 Å². The number of imidazole rings is 1. The Morgan fingerprint density at radius 1 is 1.37 bits per heavy atom. The number of carbonyl (C=O) groups is 1. The lowest BCUT2D eigenvalue weighted by molar-refractivity contribution is 0.0698. The molecule has 1 N–H and O–H groups in total. The van der Waals surface area contributed by atoms with Crippen molar-refractivity contribution in [1.29, 1.82) is 0 Å². The van der Waals surface area contributed by atoms with Gasteiger partial charge in [0.2, 0.25) is 0 Å². The van der Waals surface area contributed by atoms with Crippen LogP contribution in [-0.4, -0.2) is 25.3 Å². The molecule has 0 aliphatic heterocycles. The van der Waals surface area contributed by atoms with Crippen molar-refractivity contribution < 1.29 is 9.90 Å². The number of rotatable bonds is 3. The van der Waals surface area contributed by atoms with Gasteiger partial charge >= 0.3 is 5.97 Å². The minimum atomic E-state index is -0.985. The summed E-state index contributed by atoms with van der Waals surface area (Å²) in [5.41, 5.74) is 1.75. The number of carboxylic acid groups (broad SMARTS) is 1. The van der Waals surface area contributed by atoms with Crippen LogP contribution in [0.4, 0.5) is 0 Å². The highest BCUT2D eigenvalue weighted by Crippen LogP contribution is 2.16. The SMILES string of the molecule is O=C(O)c1cnn2ccn(Cc3cccc(Cl)c3)c12. The van der Waals surface area contributed by atoms with Crippen molar-refractivity contribution in [2.75, 3.05) is 0 Å². The van der Waals surface area contributed by atoms with Gasteiger partial charge in [-0.25, -0.2) is 9.31 Å². The molecule has 3 aromatic rings. The summed E-state index contributed by atoms with van der Waals surface area (Å²) in [6.45, 7) is 0.545. The molecule has 0 radical (unpaired) electrons. The lowest BCUT2D eigenvalue weighted by atomic mass is 10.2. The van der Waals surface area contributed by atoms with Gasteiger partial charge in [0.15, 0.2) is 5.65 Å². The number of hydrogen-bond acceptors (Lipinski definition) is 2. The fraction of sp³-hybridized carbons (Fsp3) is 0.0769. The van der Waals surface area contributed by atoms with E-state index in [9.17, 15) is 4.79 Å². The van der Waals surface area contributed by atoms with Crippen molar-refractivity contribution in [1.82, 2.24) is 14.2 Å². The van der Waals surface area contributed by atoms with Crippen molar-refractivity contribution in [2.24, 2.45) is 0 Å².